The Bertz CT molecular complexity index is 266. The number of aliphatic hydroxyl groups is 3. The predicted octanol–water partition coefficient (Wildman–Crippen LogP) is -2.04. The van der Waals surface area contributed by atoms with E-state index in [0.717, 1.165) is 0 Å². The average Bonchev–Trinajstić information content (AvgIpc) is 2.52. The lowest BCUT2D eigenvalue weighted by atomic mass is 10.2. The number of carboxylic acids is 1. The summed E-state index contributed by atoms with van der Waals surface area (Å²) in [5.41, 5.74) is 5.31. The van der Waals surface area contributed by atoms with Gasteiger partial charge in [-0.2, -0.15) is 11.8 Å². The molecule has 0 bridgehead atoms. The number of hydrogen-bond donors (Lipinski definition) is 5. The molecule has 0 aliphatic carbocycles. The van der Waals surface area contributed by atoms with Crippen molar-refractivity contribution in [2.45, 2.75) is 37.1 Å². The van der Waals surface area contributed by atoms with E-state index in [1.165, 1.54) is 11.8 Å². The van der Waals surface area contributed by atoms with E-state index in [0.29, 0.717) is 17.9 Å². The summed E-state index contributed by atoms with van der Waals surface area (Å²) in [5.74, 6) is -0.179. The number of aliphatic carboxylic acids is 1. The number of aliphatic hydroxyl groups excluding tert-OH is 3. The number of carboxylic acid groups (broad SMARTS) is 1. The fourth-order valence-corrected chi connectivity index (χ4v) is 2.50. The zero-order chi connectivity index (χ0) is 13.0. The van der Waals surface area contributed by atoms with Gasteiger partial charge in [-0.1, -0.05) is 0 Å². The van der Waals surface area contributed by atoms with Crippen molar-refractivity contribution in [3.63, 3.8) is 0 Å². The Kier molecular flexibility index (Phi) is 5.63. The molecule has 1 fully saturated rings. The highest BCUT2D eigenvalue weighted by atomic mass is 32.2. The maximum absolute atomic E-state index is 10.4. The van der Waals surface area contributed by atoms with Gasteiger partial charge in [0.2, 0.25) is 0 Å². The first-order valence-electron chi connectivity index (χ1n) is 5.19. The van der Waals surface area contributed by atoms with E-state index in [2.05, 4.69) is 0 Å². The van der Waals surface area contributed by atoms with Gasteiger partial charge in [0.15, 0.2) is 6.29 Å². The average molecular weight is 267 g/mol. The third kappa shape index (κ3) is 4.09. The second kappa shape index (κ2) is 6.53. The summed E-state index contributed by atoms with van der Waals surface area (Å²) in [5, 5.41) is 36.3. The molecule has 0 aromatic rings. The topological polar surface area (TPSA) is 133 Å². The molecule has 1 aliphatic heterocycles. The Morgan fingerprint density at radius 2 is 2.00 bits per heavy atom. The standard InChI is InChI=1S/C9H17NO6S/c10-4(8(13)14)1-2-17-3-5-6(11)7(12)9(15)16-5/h4-7,9,11-12,15H,1-3,10H2,(H,13,14)/t4?,5-,6?,7+,9?/m1/s1. The highest BCUT2D eigenvalue weighted by molar-refractivity contribution is 7.99. The molecule has 0 spiro atoms. The second-order valence-electron chi connectivity index (χ2n) is 3.85. The van der Waals surface area contributed by atoms with Crippen LogP contribution in [-0.2, 0) is 9.53 Å². The van der Waals surface area contributed by atoms with Crippen molar-refractivity contribution in [2.75, 3.05) is 11.5 Å². The van der Waals surface area contributed by atoms with Crippen molar-refractivity contribution in [2.24, 2.45) is 5.73 Å². The van der Waals surface area contributed by atoms with Gasteiger partial charge in [0.25, 0.3) is 0 Å². The fourth-order valence-electron chi connectivity index (χ4n) is 1.40. The minimum atomic E-state index is -1.36. The Hall–Kier alpha value is -0.380. The van der Waals surface area contributed by atoms with Crippen LogP contribution < -0.4 is 5.73 Å². The zero-order valence-electron chi connectivity index (χ0n) is 9.10. The van der Waals surface area contributed by atoms with Crippen LogP contribution in [0.4, 0.5) is 0 Å². The van der Waals surface area contributed by atoms with Gasteiger partial charge >= 0.3 is 5.97 Å². The molecule has 7 nitrogen and oxygen atoms in total. The summed E-state index contributed by atoms with van der Waals surface area (Å²) in [6, 6.07) is -0.895. The van der Waals surface area contributed by atoms with Gasteiger partial charge in [-0.25, -0.2) is 0 Å². The molecule has 6 N–H and O–H groups in total. The first-order valence-corrected chi connectivity index (χ1v) is 6.34. The lowest BCUT2D eigenvalue weighted by molar-refractivity contribution is -0.138. The molecular formula is C9H17NO6S. The molecule has 1 heterocycles. The quantitative estimate of drug-likeness (QED) is 0.348. The fraction of sp³-hybridized carbons (Fsp3) is 0.889. The summed E-state index contributed by atoms with van der Waals surface area (Å²) in [6.07, 6.45) is -4.11. The van der Waals surface area contributed by atoms with E-state index in [1.807, 2.05) is 0 Å². The Balaban J connectivity index is 2.17. The van der Waals surface area contributed by atoms with Crippen LogP contribution in [0.25, 0.3) is 0 Å². The van der Waals surface area contributed by atoms with Crippen LogP contribution >= 0.6 is 11.8 Å². The van der Waals surface area contributed by atoms with Gasteiger partial charge in [0.05, 0.1) is 6.10 Å². The summed E-state index contributed by atoms with van der Waals surface area (Å²) in [4.78, 5) is 10.4. The molecule has 5 atom stereocenters. The molecule has 1 rings (SSSR count). The SMILES string of the molecule is NC(CCSC[C@H]1OC(O)[C@@H](O)C1O)C(=O)O. The minimum Gasteiger partial charge on any atom is -0.480 e. The van der Waals surface area contributed by atoms with Crippen LogP contribution in [0.3, 0.4) is 0 Å². The largest absolute Gasteiger partial charge is 0.480 e. The van der Waals surface area contributed by atoms with E-state index in [9.17, 15) is 15.0 Å². The number of ether oxygens (including phenoxy) is 1. The molecule has 0 radical (unpaired) electrons. The van der Waals surface area contributed by atoms with Gasteiger partial charge < -0.3 is 30.9 Å². The first-order chi connectivity index (χ1) is 7.93. The van der Waals surface area contributed by atoms with Crippen LogP contribution in [0, 0.1) is 0 Å². The Morgan fingerprint density at radius 3 is 2.47 bits per heavy atom. The van der Waals surface area contributed by atoms with Crippen LogP contribution in [0.15, 0.2) is 0 Å². The molecule has 100 valence electrons. The second-order valence-corrected chi connectivity index (χ2v) is 5.00. The van der Waals surface area contributed by atoms with Gasteiger partial charge in [-0.3, -0.25) is 4.79 Å². The van der Waals surface area contributed by atoms with Gasteiger partial charge in [0, 0.05) is 5.75 Å². The van der Waals surface area contributed by atoms with Gasteiger partial charge in [-0.05, 0) is 12.2 Å². The van der Waals surface area contributed by atoms with Crippen molar-refractivity contribution in [1.82, 2.24) is 0 Å². The highest BCUT2D eigenvalue weighted by Crippen LogP contribution is 2.23. The van der Waals surface area contributed by atoms with E-state index < -0.39 is 36.6 Å². The number of carbonyl (C=O) groups is 1. The normalized spacial score (nSPS) is 34.8. The number of rotatable bonds is 6. The maximum Gasteiger partial charge on any atom is 0.320 e. The van der Waals surface area contributed by atoms with E-state index in [4.69, 9.17) is 20.7 Å². The highest BCUT2D eigenvalue weighted by Gasteiger charge is 2.41. The summed E-state index contributed by atoms with van der Waals surface area (Å²) < 4.78 is 4.93. The summed E-state index contributed by atoms with van der Waals surface area (Å²) in [7, 11) is 0. The molecule has 0 amide bonds. The molecule has 0 aromatic heterocycles. The van der Waals surface area contributed by atoms with E-state index >= 15 is 0 Å². The van der Waals surface area contributed by atoms with Gasteiger partial charge in [-0.15, -0.1) is 0 Å². The molecular weight excluding hydrogens is 250 g/mol. The smallest absolute Gasteiger partial charge is 0.320 e. The first kappa shape index (κ1) is 14.7. The van der Waals surface area contributed by atoms with Gasteiger partial charge in [0.1, 0.15) is 18.2 Å². The zero-order valence-corrected chi connectivity index (χ0v) is 9.92. The van der Waals surface area contributed by atoms with E-state index in [1.54, 1.807) is 0 Å². The number of thioether (sulfide) groups is 1. The van der Waals surface area contributed by atoms with E-state index in [-0.39, 0.29) is 0 Å². The molecule has 8 heteroatoms. The predicted molar refractivity (Wildman–Crippen MR) is 60.4 cm³/mol. The third-order valence-electron chi connectivity index (χ3n) is 2.51. The molecule has 0 aromatic carbocycles. The monoisotopic (exact) mass is 267 g/mol. The van der Waals surface area contributed by atoms with Crippen molar-refractivity contribution < 1.29 is 30.0 Å². The lowest BCUT2D eigenvalue weighted by Gasteiger charge is -2.14. The Morgan fingerprint density at radius 1 is 1.35 bits per heavy atom. The van der Waals surface area contributed by atoms with Crippen LogP contribution in [0.1, 0.15) is 6.42 Å². The molecule has 3 unspecified atom stereocenters. The van der Waals surface area contributed by atoms with Crippen molar-refractivity contribution in [3.8, 4) is 0 Å². The van der Waals surface area contributed by atoms with Crippen LogP contribution in [0.2, 0.25) is 0 Å². The van der Waals surface area contributed by atoms with Crippen LogP contribution in [0.5, 0.6) is 0 Å². The molecule has 17 heavy (non-hydrogen) atoms. The number of hydrogen-bond acceptors (Lipinski definition) is 7. The minimum absolute atomic E-state index is 0.313. The maximum atomic E-state index is 10.4. The Labute approximate surface area is 103 Å². The third-order valence-corrected chi connectivity index (χ3v) is 3.60. The molecule has 1 saturated heterocycles. The summed E-state index contributed by atoms with van der Waals surface area (Å²) >= 11 is 1.35. The van der Waals surface area contributed by atoms with Crippen molar-refractivity contribution in [3.05, 3.63) is 0 Å². The van der Waals surface area contributed by atoms with Crippen molar-refractivity contribution in [1.29, 1.82) is 0 Å². The number of nitrogens with two attached hydrogens (primary N) is 1. The molecule has 0 saturated carbocycles. The van der Waals surface area contributed by atoms with Crippen molar-refractivity contribution >= 4 is 17.7 Å². The lowest BCUT2D eigenvalue weighted by Crippen LogP contribution is -2.33. The molecule has 1 aliphatic rings. The van der Waals surface area contributed by atoms with Crippen LogP contribution in [-0.4, -0.2) is 68.5 Å². The summed E-state index contributed by atoms with van der Waals surface area (Å²) in [6.45, 7) is 0.